The Morgan fingerprint density at radius 1 is 1.50 bits per heavy atom. The molecule has 0 fully saturated rings. The standard InChI is InChI=1S/C12H15F3N2O2S/c13-12(14,15)5-2-6-16-11-17-9-7(10(18)19)3-1-4-8(9)20-11/h7H,1-6H2,(H,16,17)(H,18,19). The van der Waals surface area contributed by atoms with Crippen LogP contribution in [0.5, 0.6) is 0 Å². The van der Waals surface area contributed by atoms with Crippen LogP contribution in [0.15, 0.2) is 0 Å². The van der Waals surface area contributed by atoms with E-state index in [-0.39, 0.29) is 13.0 Å². The summed E-state index contributed by atoms with van der Waals surface area (Å²) >= 11 is 1.35. The summed E-state index contributed by atoms with van der Waals surface area (Å²) in [6.45, 7) is 0.184. The molecule has 0 aliphatic heterocycles. The predicted molar refractivity (Wildman–Crippen MR) is 69.2 cm³/mol. The average molecular weight is 308 g/mol. The van der Waals surface area contributed by atoms with Crippen molar-refractivity contribution in [3.05, 3.63) is 10.6 Å². The minimum absolute atomic E-state index is 0.0178. The van der Waals surface area contributed by atoms with Gasteiger partial charge in [0.25, 0.3) is 0 Å². The van der Waals surface area contributed by atoms with Crippen molar-refractivity contribution in [3.8, 4) is 0 Å². The number of nitrogens with zero attached hydrogens (tertiary/aromatic N) is 1. The molecule has 1 aromatic rings. The van der Waals surface area contributed by atoms with E-state index < -0.39 is 24.5 Å². The number of alkyl halides is 3. The van der Waals surface area contributed by atoms with E-state index in [0.717, 1.165) is 17.7 Å². The number of rotatable bonds is 5. The Labute approximate surface area is 118 Å². The second kappa shape index (κ2) is 5.99. The monoisotopic (exact) mass is 308 g/mol. The Morgan fingerprint density at radius 3 is 2.90 bits per heavy atom. The van der Waals surface area contributed by atoms with Gasteiger partial charge in [-0.1, -0.05) is 0 Å². The molecule has 1 aromatic heterocycles. The van der Waals surface area contributed by atoms with Crippen LogP contribution in [0, 0.1) is 0 Å². The number of anilines is 1. The lowest BCUT2D eigenvalue weighted by Crippen LogP contribution is -2.17. The summed E-state index contributed by atoms with van der Waals surface area (Å²) in [5.41, 5.74) is 0.576. The number of aliphatic carboxylic acids is 1. The Hall–Kier alpha value is -1.31. The number of fused-ring (bicyclic) bond motifs is 1. The summed E-state index contributed by atoms with van der Waals surface area (Å²) < 4.78 is 36.0. The summed E-state index contributed by atoms with van der Waals surface area (Å²) in [4.78, 5) is 16.3. The van der Waals surface area contributed by atoms with Gasteiger partial charge in [0.05, 0.1) is 5.69 Å². The fourth-order valence-electron chi connectivity index (χ4n) is 2.22. The normalized spacial score (nSPS) is 18.6. The van der Waals surface area contributed by atoms with Crippen LogP contribution in [0.25, 0.3) is 0 Å². The van der Waals surface area contributed by atoms with Gasteiger partial charge in [-0.3, -0.25) is 4.79 Å². The molecule has 2 rings (SSSR count). The maximum atomic E-state index is 12.0. The van der Waals surface area contributed by atoms with E-state index in [2.05, 4.69) is 10.3 Å². The molecule has 1 heterocycles. The van der Waals surface area contributed by atoms with Crippen molar-refractivity contribution < 1.29 is 23.1 Å². The van der Waals surface area contributed by atoms with E-state index in [9.17, 15) is 18.0 Å². The molecule has 1 aliphatic rings. The van der Waals surface area contributed by atoms with E-state index >= 15 is 0 Å². The van der Waals surface area contributed by atoms with Crippen LogP contribution in [0.2, 0.25) is 0 Å². The zero-order valence-electron chi connectivity index (χ0n) is 10.7. The van der Waals surface area contributed by atoms with E-state index in [1.807, 2.05) is 0 Å². The highest BCUT2D eigenvalue weighted by Gasteiger charge is 2.30. The van der Waals surface area contributed by atoms with E-state index in [1.54, 1.807) is 0 Å². The number of carboxylic acids is 1. The second-order valence-electron chi connectivity index (χ2n) is 4.76. The third-order valence-corrected chi connectivity index (χ3v) is 4.25. The van der Waals surface area contributed by atoms with Gasteiger partial charge in [-0.25, -0.2) is 4.98 Å². The SMILES string of the molecule is O=C(O)C1CCCc2sc(NCCCC(F)(F)F)nc21. The molecular formula is C12H15F3N2O2S. The molecular weight excluding hydrogens is 293 g/mol. The molecule has 0 radical (unpaired) electrons. The molecule has 8 heteroatoms. The summed E-state index contributed by atoms with van der Waals surface area (Å²) in [6.07, 6.45) is -2.82. The maximum Gasteiger partial charge on any atom is 0.389 e. The number of aromatic nitrogens is 1. The van der Waals surface area contributed by atoms with Gasteiger partial charge in [-0.2, -0.15) is 13.2 Å². The van der Waals surface area contributed by atoms with Crippen molar-refractivity contribution in [3.63, 3.8) is 0 Å². The van der Waals surface area contributed by atoms with E-state index in [4.69, 9.17) is 5.11 Å². The lowest BCUT2D eigenvalue weighted by Gasteiger charge is -2.16. The number of hydrogen-bond donors (Lipinski definition) is 2. The number of halogens is 3. The molecule has 1 aliphatic carbocycles. The van der Waals surface area contributed by atoms with Crippen LogP contribution in [0.1, 0.15) is 42.2 Å². The Morgan fingerprint density at radius 2 is 2.25 bits per heavy atom. The molecule has 2 N–H and O–H groups in total. The molecule has 0 bridgehead atoms. The molecule has 0 aromatic carbocycles. The van der Waals surface area contributed by atoms with Crippen LogP contribution in [-0.2, 0) is 11.2 Å². The van der Waals surface area contributed by atoms with Gasteiger partial charge in [-0.05, 0) is 25.7 Å². The summed E-state index contributed by atoms with van der Waals surface area (Å²) in [5.74, 6) is -1.47. The van der Waals surface area contributed by atoms with E-state index in [1.165, 1.54) is 11.3 Å². The van der Waals surface area contributed by atoms with Crippen molar-refractivity contribution in [2.24, 2.45) is 0 Å². The zero-order chi connectivity index (χ0) is 14.8. The van der Waals surface area contributed by atoms with Crippen molar-refractivity contribution in [1.29, 1.82) is 0 Å². The van der Waals surface area contributed by atoms with Crippen LogP contribution >= 0.6 is 11.3 Å². The number of nitrogens with one attached hydrogen (secondary N) is 1. The van der Waals surface area contributed by atoms with Gasteiger partial charge in [0, 0.05) is 17.8 Å². The first-order valence-corrected chi connectivity index (χ1v) is 7.21. The first-order chi connectivity index (χ1) is 9.37. The van der Waals surface area contributed by atoms with E-state index in [0.29, 0.717) is 17.2 Å². The van der Waals surface area contributed by atoms with Gasteiger partial charge in [-0.15, -0.1) is 11.3 Å². The van der Waals surface area contributed by atoms with Gasteiger partial charge in [0.2, 0.25) is 0 Å². The molecule has 112 valence electrons. The van der Waals surface area contributed by atoms with Gasteiger partial charge in [0.15, 0.2) is 5.13 Å². The minimum atomic E-state index is -4.14. The molecule has 4 nitrogen and oxygen atoms in total. The molecule has 1 unspecified atom stereocenters. The first-order valence-electron chi connectivity index (χ1n) is 6.40. The maximum absolute atomic E-state index is 12.0. The van der Waals surface area contributed by atoms with Crippen molar-refractivity contribution in [2.45, 2.75) is 44.2 Å². The van der Waals surface area contributed by atoms with Gasteiger partial charge in [0.1, 0.15) is 5.92 Å². The number of aryl methyl sites for hydroxylation is 1. The number of carbonyl (C=O) groups is 1. The van der Waals surface area contributed by atoms with Crippen LogP contribution in [-0.4, -0.2) is 28.8 Å². The van der Waals surface area contributed by atoms with Crippen molar-refractivity contribution in [1.82, 2.24) is 4.98 Å². The average Bonchev–Trinajstić information content (AvgIpc) is 2.75. The number of hydrogen-bond acceptors (Lipinski definition) is 4. The highest BCUT2D eigenvalue weighted by Crippen LogP contribution is 2.36. The third-order valence-electron chi connectivity index (χ3n) is 3.17. The molecule has 1 atom stereocenters. The quantitative estimate of drug-likeness (QED) is 0.818. The molecule has 0 amide bonds. The molecule has 0 saturated heterocycles. The zero-order valence-corrected chi connectivity index (χ0v) is 11.5. The van der Waals surface area contributed by atoms with Crippen LogP contribution < -0.4 is 5.32 Å². The fourth-order valence-corrected chi connectivity index (χ4v) is 3.31. The Bertz CT molecular complexity index is 488. The predicted octanol–water partition coefficient (Wildman–Crippen LogP) is 3.40. The Balaban J connectivity index is 1.93. The molecule has 0 spiro atoms. The minimum Gasteiger partial charge on any atom is -0.481 e. The van der Waals surface area contributed by atoms with Gasteiger partial charge >= 0.3 is 12.1 Å². The highest BCUT2D eigenvalue weighted by molar-refractivity contribution is 7.15. The first kappa shape index (κ1) is 15.1. The summed E-state index contributed by atoms with van der Waals surface area (Å²) in [6, 6.07) is 0. The summed E-state index contributed by atoms with van der Waals surface area (Å²) in [5, 5.41) is 12.5. The molecule has 0 saturated carbocycles. The third kappa shape index (κ3) is 3.84. The molecule has 20 heavy (non-hydrogen) atoms. The lowest BCUT2D eigenvalue weighted by atomic mass is 9.91. The van der Waals surface area contributed by atoms with Crippen LogP contribution in [0.3, 0.4) is 0 Å². The second-order valence-corrected chi connectivity index (χ2v) is 5.84. The smallest absolute Gasteiger partial charge is 0.389 e. The van der Waals surface area contributed by atoms with Crippen molar-refractivity contribution in [2.75, 3.05) is 11.9 Å². The van der Waals surface area contributed by atoms with Crippen molar-refractivity contribution >= 4 is 22.4 Å². The Kier molecular flexibility index (Phi) is 4.52. The highest BCUT2D eigenvalue weighted by atomic mass is 32.1. The number of thiazole rings is 1. The van der Waals surface area contributed by atoms with Crippen LogP contribution in [0.4, 0.5) is 18.3 Å². The topological polar surface area (TPSA) is 62.2 Å². The number of carboxylic acid groups (broad SMARTS) is 1. The lowest BCUT2D eigenvalue weighted by molar-refractivity contribution is -0.139. The fraction of sp³-hybridized carbons (Fsp3) is 0.667. The van der Waals surface area contributed by atoms with Gasteiger partial charge < -0.3 is 10.4 Å². The summed E-state index contributed by atoms with van der Waals surface area (Å²) in [7, 11) is 0. The largest absolute Gasteiger partial charge is 0.481 e.